The summed E-state index contributed by atoms with van der Waals surface area (Å²) in [5.74, 6) is 0. The lowest BCUT2D eigenvalue weighted by molar-refractivity contribution is 0.177. The van der Waals surface area contributed by atoms with Gasteiger partial charge in [0.1, 0.15) is 6.61 Å². The van der Waals surface area contributed by atoms with E-state index in [1.165, 1.54) is 5.56 Å². The lowest BCUT2D eigenvalue weighted by atomic mass is 10.0. The van der Waals surface area contributed by atoms with Crippen LogP contribution in [0.15, 0.2) is 24.3 Å². The van der Waals surface area contributed by atoms with Crippen LogP contribution in [0.1, 0.15) is 17.2 Å². The standard InChI is InChI=1S/C10H11NO2.ClH/c1-7-4-2-3-5-8(7)9-6-13-10(12)11-9;/h2-5,9H,6H2,1H3,(H,11,12);1H/t9-;/m0./s1. The Labute approximate surface area is 88.9 Å². The van der Waals surface area contributed by atoms with E-state index in [0.29, 0.717) is 6.61 Å². The van der Waals surface area contributed by atoms with Gasteiger partial charge in [-0.2, -0.15) is 0 Å². The highest BCUT2D eigenvalue weighted by Crippen LogP contribution is 2.20. The Morgan fingerprint density at radius 1 is 1.43 bits per heavy atom. The first-order chi connectivity index (χ1) is 6.27. The van der Waals surface area contributed by atoms with Gasteiger partial charge in [-0.15, -0.1) is 12.4 Å². The Balaban J connectivity index is 0.000000980. The van der Waals surface area contributed by atoms with Gasteiger partial charge in [-0.1, -0.05) is 24.3 Å². The minimum absolute atomic E-state index is 0. The number of amides is 1. The minimum atomic E-state index is -0.326. The van der Waals surface area contributed by atoms with E-state index in [4.69, 9.17) is 4.74 Å². The Hall–Kier alpha value is -1.22. The molecule has 76 valence electrons. The summed E-state index contributed by atoms with van der Waals surface area (Å²) >= 11 is 0. The van der Waals surface area contributed by atoms with Crippen molar-refractivity contribution in [3.8, 4) is 0 Å². The number of hydrogen-bond donors (Lipinski definition) is 1. The van der Waals surface area contributed by atoms with E-state index >= 15 is 0 Å². The summed E-state index contributed by atoms with van der Waals surface area (Å²) in [6, 6.07) is 8.01. The first kappa shape index (κ1) is 10.9. The maximum absolute atomic E-state index is 10.8. The molecule has 1 aromatic rings. The van der Waals surface area contributed by atoms with E-state index in [0.717, 1.165) is 5.56 Å². The molecular weight excluding hydrogens is 202 g/mol. The molecular formula is C10H12ClNO2. The second kappa shape index (κ2) is 4.33. The van der Waals surface area contributed by atoms with Crippen LogP contribution >= 0.6 is 12.4 Å². The molecule has 14 heavy (non-hydrogen) atoms. The van der Waals surface area contributed by atoms with Crippen LogP contribution in [-0.4, -0.2) is 12.7 Å². The first-order valence-corrected chi connectivity index (χ1v) is 4.26. The first-order valence-electron chi connectivity index (χ1n) is 4.26. The Bertz CT molecular complexity index is 341. The van der Waals surface area contributed by atoms with Gasteiger partial charge in [-0.25, -0.2) is 4.79 Å². The van der Waals surface area contributed by atoms with Crippen LogP contribution in [-0.2, 0) is 4.74 Å². The summed E-state index contributed by atoms with van der Waals surface area (Å²) in [5.41, 5.74) is 2.31. The second-order valence-corrected chi connectivity index (χ2v) is 3.15. The van der Waals surface area contributed by atoms with Crippen molar-refractivity contribution in [2.75, 3.05) is 6.61 Å². The topological polar surface area (TPSA) is 38.3 Å². The molecule has 2 rings (SSSR count). The minimum Gasteiger partial charge on any atom is -0.447 e. The van der Waals surface area contributed by atoms with Gasteiger partial charge >= 0.3 is 6.09 Å². The van der Waals surface area contributed by atoms with Gasteiger partial charge in [0.25, 0.3) is 0 Å². The van der Waals surface area contributed by atoms with Crippen molar-refractivity contribution in [1.82, 2.24) is 5.32 Å². The number of carbonyl (C=O) groups excluding carboxylic acids is 1. The zero-order valence-corrected chi connectivity index (χ0v) is 8.64. The lowest BCUT2D eigenvalue weighted by Gasteiger charge is -2.09. The van der Waals surface area contributed by atoms with E-state index in [1.54, 1.807) is 0 Å². The van der Waals surface area contributed by atoms with Crippen molar-refractivity contribution in [1.29, 1.82) is 0 Å². The van der Waals surface area contributed by atoms with E-state index in [1.807, 2.05) is 31.2 Å². The maximum atomic E-state index is 10.8. The summed E-state index contributed by atoms with van der Waals surface area (Å²) in [7, 11) is 0. The number of halogens is 1. The molecule has 1 amide bonds. The molecule has 0 radical (unpaired) electrons. The molecule has 1 aromatic carbocycles. The molecule has 1 aliphatic rings. The summed E-state index contributed by atoms with van der Waals surface area (Å²) in [6.07, 6.45) is -0.326. The number of ether oxygens (including phenoxy) is 1. The SMILES string of the molecule is Cc1ccccc1[C@@H]1COC(=O)N1.Cl. The van der Waals surface area contributed by atoms with Gasteiger partial charge in [-0.05, 0) is 18.1 Å². The third-order valence-electron chi connectivity index (χ3n) is 2.24. The zero-order chi connectivity index (χ0) is 9.26. The lowest BCUT2D eigenvalue weighted by Crippen LogP contribution is -2.18. The predicted octanol–water partition coefficient (Wildman–Crippen LogP) is 2.20. The Kier molecular flexibility index (Phi) is 3.36. The van der Waals surface area contributed by atoms with Gasteiger partial charge < -0.3 is 10.1 Å². The molecule has 1 fully saturated rings. The van der Waals surface area contributed by atoms with Crippen molar-refractivity contribution < 1.29 is 9.53 Å². The molecule has 1 saturated heterocycles. The van der Waals surface area contributed by atoms with Gasteiger partial charge in [0.15, 0.2) is 0 Å². The molecule has 0 spiro atoms. The third-order valence-corrected chi connectivity index (χ3v) is 2.24. The van der Waals surface area contributed by atoms with Crippen LogP contribution in [0, 0.1) is 6.92 Å². The summed E-state index contributed by atoms with van der Waals surface area (Å²) in [4.78, 5) is 10.8. The highest BCUT2D eigenvalue weighted by atomic mass is 35.5. The fourth-order valence-corrected chi connectivity index (χ4v) is 1.53. The molecule has 0 aromatic heterocycles. The highest BCUT2D eigenvalue weighted by molar-refractivity contribution is 5.85. The van der Waals surface area contributed by atoms with E-state index in [-0.39, 0.29) is 24.5 Å². The number of cyclic esters (lactones) is 1. The molecule has 4 heteroatoms. The molecule has 1 N–H and O–H groups in total. The fourth-order valence-electron chi connectivity index (χ4n) is 1.53. The smallest absolute Gasteiger partial charge is 0.407 e. The summed E-state index contributed by atoms with van der Waals surface area (Å²) < 4.78 is 4.82. The Morgan fingerprint density at radius 2 is 2.14 bits per heavy atom. The average molecular weight is 214 g/mol. The highest BCUT2D eigenvalue weighted by Gasteiger charge is 2.24. The van der Waals surface area contributed by atoms with Gasteiger partial charge in [0.2, 0.25) is 0 Å². The zero-order valence-electron chi connectivity index (χ0n) is 7.82. The number of hydrogen-bond acceptors (Lipinski definition) is 2. The predicted molar refractivity (Wildman–Crippen MR) is 55.7 cm³/mol. The molecule has 0 saturated carbocycles. The number of rotatable bonds is 1. The van der Waals surface area contributed by atoms with Gasteiger partial charge in [0, 0.05) is 0 Å². The van der Waals surface area contributed by atoms with Crippen molar-refractivity contribution in [2.45, 2.75) is 13.0 Å². The summed E-state index contributed by atoms with van der Waals surface area (Å²) in [6.45, 7) is 2.46. The maximum Gasteiger partial charge on any atom is 0.407 e. The van der Waals surface area contributed by atoms with Gasteiger partial charge in [0.05, 0.1) is 6.04 Å². The van der Waals surface area contributed by atoms with Crippen molar-refractivity contribution in [3.63, 3.8) is 0 Å². The normalized spacial score (nSPS) is 19.5. The molecule has 1 heterocycles. The molecule has 0 unspecified atom stereocenters. The van der Waals surface area contributed by atoms with Crippen LogP contribution in [0.25, 0.3) is 0 Å². The summed E-state index contributed by atoms with van der Waals surface area (Å²) in [5, 5.41) is 2.75. The van der Waals surface area contributed by atoms with E-state index < -0.39 is 0 Å². The van der Waals surface area contributed by atoms with Gasteiger partial charge in [-0.3, -0.25) is 0 Å². The number of alkyl carbamates (subject to hydrolysis) is 1. The van der Waals surface area contributed by atoms with Crippen LogP contribution in [0.5, 0.6) is 0 Å². The third kappa shape index (κ3) is 1.99. The van der Waals surface area contributed by atoms with E-state index in [9.17, 15) is 4.79 Å². The number of carbonyl (C=O) groups is 1. The van der Waals surface area contributed by atoms with Crippen molar-refractivity contribution >= 4 is 18.5 Å². The quantitative estimate of drug-likeness (QED) is 0.777. The molecule has 0 aliphatic carbocycles. The van der Waals surface area contributed by atoms with Crippen LogP contribution in [0.4, 0.5) is 4.79 Å². The number of aryl methyl sites for hydroxylation is 1. The largest absolute Gasteiger partial charge is 0.447 e. The molecule has 0 bridgehead atoms. The van der Waals surface area contributed by atoms with Crippen LogP contribution in [0.2, 0.25) is 0 Å². The fraction of sp³-hybridized carbons (Fsp3) is 0.300. The number of benzene rings is 1. The van der Waals surface area contributed by atoms with Crippen LogP contribution in [0.3, 0.4) is 0 Å². The van der Waals surface area contributed by atoms with Crippen molar-refractivity contribution in [3.05, 3.63) is 35.4 Å². The average Bonchev–Trinajstić information content (AvgIpc) is 2.53. The molecule has 3 nitrogen and oxygen atoms in total. The monoisotopic (exact) mass is 213 g/mol. The molecule has 1 aliphatic heterocycles. The molecule has 1 atom stereocenters. The van der Waals surface area contributed by atoms with Crippen LogP contribution < -0.4 is 5.32 Å². The second-order valence-electron chi connectivity index (χ2n) is 3.15. The van der Waals surface area contributed by atoms with E-state index in [2.05, 4.69) is 5.32 Å². The number of nitrogens with one attached hydrogen (secondary N) is 1. The van der Waals surface area contributed by atoms with Crippen molar-refractivity contribution in [2.24, 2.45) is 0 Å². The Morgan fingerprint density at radius 3 is 2.71 bits per heavy atom.